The molecular weight excluding hydrogens is 1150 g/mol. The van der Waals surface area contributed by atoms with Crippen molar-refractivity contribution in [2.24, 2.45) is 11.8 Å². The molecule has 0 aliphatic heterocycles. The van der Waals surface area contributed by atoms with Gasteiger partial charge < -0.3 is 0 Å². The van der Waals surface area contributed by atoms with E-state index in [9.17, 15) is 17.6 Å². The summed E-state index contributed by atoms with van der Waals surface area (Å²) in [4.78, 5) is 3.17. The van der Waals surface area contributed by atoms with Gasteiger partial charge in [0.05, 0.1) is 0 Å². The van der Waals surface area contributed by atoms with E-state index in [4.69, 9.17) is 0 Å². The van der Waals surface area contributed by atoms with E-state index in [-0.39, 0.29) is 41.8 Å². The number of hydrogen-bond acceptors (Lipinski definition) is 4. The topological polar surface area (TPSA) is 0 Å². The molecule has 4 heterocycles. The Morgan fingerprint density at radius 1 is 0.354 bits per heavy atom. The third-order valence-corrected chi connectivity index (χ3v) is 19.5. The molecule has 4 aromatic heterocycles. The minimum Gasteiger partial charge on any atom is -0.194 e. The molecule has 0 bridgehead atoms. The molecule has 2 aliphatic rings. The lowest BCUT2D eigenvalue weighted by molar-refractivity contribution is -0.254. The molecule has 10 rings (SSSR count). The Hall–Kier alpha value is -6.20. The number of thiophene rings is 4. The number of aryl methyl sites for hydroxylation is 4. The van der Waals surface area contributed by atoms with Gasteiger partial charge in [0.1, 0.15) is 0 Å². The van der Waals surface area contributed by atoms with Crippen LogP contribution >= 0.6 is 45.3 Å². The van der Waals surface area contributed by atoms with Gasteiger partial charge >= 0.3 is 35.5 Å². The lowest BCUT2D eigenvalue weighted by Gasteiger charge is -2.25. The Bertz CT molecular complexity index is 3490. The van der Waals surface area contributed by atoms with E-state index >= 15 is 35.1 Å². The molecule has 82 heavy (non-hydrogen) atoms. The molecule has 0 radical (unpaired) electrons. The average molecular weight is 1210 g/mol. The van der Waals surface area contributed by atoms with Crippen LogP contribution in [0.2, 0.25) is 0 Å². The van der Waals surface area contributed by atoms with Gasteiger partial charge in [-0.25, -0.2) is 0 Å². The molecule has 2 atom stereocenters. The second kappa shape index (κ2) is 22.8. The van der Waals surface area contributed by atoms with E-state index in [1.54, 1.807) is 60.7 Å². The zero-order valence-electron chi connectivity index (χ0n) is 45.7. The first-order chi connectivity index (χ1) is 38.6. The van der Waals surface area contributed by atoms with Crippen molar-refractivity contribution >= 4 is 79.8 Å². The van der Waals surface area contributed by atoms with Crippen molar-refractivity contribution in [2.75, 3.05) is 0 Å². The van der Waals surface area contributed by atoms with Gasteiger partial charge in [-0.3, -0.25) is 0 Å². The SMILES string of the molecule is CC[C@H](C)/C=C/c1ccc(-c2cc(C3=C(c4cc(-c5ccccc5)sc4C)C(F)(F)C(F)(F)C3(F)F)c(C)s2)cc1.CC[C@H](C)/C=C/c1ccc(-c2cc(C3=C(c4cc(-c5ccccc5)sc4C)C(F)(F)C(F)(F)C3(F)F)c(C)s2)cc1. The number of allylic oxidation sites excluding steroid dienone is 6. The summed E-state index contributed by atoms with van der Waals surface area (Å²) in [7, 11) is 0. The number of alkyl halides is 12. The molecule has 0 spiro atoms. The van der Waals surface area contributed by atoms with Crippen molar-refractivity contribution < 1.29 is 52.7 Å². The van der Waals surface area contributed by atoms with E-state index < -0.39 is 57.8 Å². The Morgan fingerprint density at radius 2 is 0.585 bits per heavy atom. The molecule has 4 aromatic carbocycles. The average Bonchev–Trinajstić information content (AvgIpc) is 3.88. The molecular formula is C66H56F12S4. The number of rotatable bonds is 14. The number of hydrogen-bond donors (Lipinski definition) is 0. The van der Waals surface area contributed by atoms with Gasteiger partial charge in [0, 0.05) is 61.3 Å². The number of benzene rings is 4. The van der Waals surface area contributed by atoms with Crippen LogP contribution in [0, 0.1) is 39.5 Å². The van der Waals surface area contributed by atoms with Crippen LogP contribution < -0.4 is 0 Å². The van der Waals surface area contributed by atoms with Crippen LogP contribution in [-0.4, -0.2) is 35.5 Å². The van der Waals surface area contributed by atoms with Crippen molar-refractivity contribution in [1.82, 2.24) is 0 Å². The van der Waals surface area contributed by atoms with E-state index in [2.05, 4.69) is 39.8 Å². The Kier molecular flexibility index (Phi) is 16.8. The first-order valence-corrected chi connectivity index (χ1v) is 29.7. The van der Waals surface area contributed by atoms with Gasteiger partial charge in [0.25, 0.3) is 0 Å². The largest absolute Gasteiger partial charge is 0.380 e. The maximum Gasteiger partial charge on any atom is 0.380 e. The first kappa shape index (κ1) is 60.4. The van der Waals surface area contributed by atoms with Gasteiger partial charge in [0.2, 0.25) is 0 Å². The Labute approximate surface area is 485 Å². The minimum atomic E-state index is -5.59. The van der Waals surface area contributed by atoms with Gasteiger partial charge in [0.15, 0.2) is 0 Å². The quantitative estimate of drug-likeness (QED) is 0.0952. The molecule has 0 nitrogen and oxygen atoms in total. The van der Waals surface area contributed by atoms with Crippen molar-refractivity contribution in [3.05, 3.63) is 199 Å². The lowest BCUT2D eigenvalue weighted by Crippen LogP contribution is -2.48. The zero-order chi connectivity index (χ0) is 59.5. The van der Waals surface area contributed by atoms with Crippen LogP contribution in [0.15, 0.2) is 146 Å². The fourth-order valence-electron chi connectivity index (χ4n) is 9.90. The molecule has 2 aliphatic carbocycles. The van der Waals surface area contributed by atoms with Crippen LogP contribution in [0.4, 0.5) is 52.7 Å². The molecule has 428 valence electrons. The summed E-state index contributed by atoms with van der Waals surface area (Å²) in [6.07, 6.45) is 10.2. The van der Waals surface area contributed by atoms with Gasteiger partial charge in [-0.1, -0.05) is 174 Å². The maximum atomic E-state index is 15.5. The lowest BCUT2D eigenvalue weighted by atomic mass is 9.94. The Morgan fingerprint density at radius 3 is 0.817 bits per heavy atom. The maximum absolute atomic E-state index is 15.5. The van der Waals surface area contributed by atoms with E-state index in [1.165, 1.54) is 52.0 Å². The molecule has 0 fully saturated rings. The van der Waals surface area contributed by atoms with Crippen molar-refractivity contribution in [3.8, 4) is 41.8 Å². The Balaban J connectivity index is 0.000000198. The fourth-order valence-corrected chi connectivity index (χ4v) is 14.0. The molecule has 0 saturated carbocycles. The van der Waals surface area contributed by atoms with E-state index in [0.29, 0.717) is 53.6 Å². The highest BCUT2D eigenvalue weighted by Gasteiger charge is 2.81. The summed E-state index contributed by atoms with van der Waals surface area (Å²) in [6.45, 7) is 14.4. The fraction of sp³-hybridized carbons (Fsp3) is 0.273. The van der Waals surface area contributed by atoms with Gasteiger partial charge in [-0.2, -0.15) is 52.7 Å². The van der Waals surface area contributed by atoms with Crippen LogP contribution in [-0.2, 0) is 0 Å². The van der Waals surface area contributed by atoms with Gasteiger partial charge in [-0.15, -0.1) is 45.3 Å². The molecule has 0 saturated heterocycles. The summed E-state index contributed by atoms with van der Waals surface area (Å²) in [5, 5.41) is 0. The van der Waals surface area contributed by atoms with Crippen LogP contribution in [0.25, 0.3) is 76.2 Å². The third kappa shape index (κ3) is 10.6. The molecule has 0 amide bonds. The molecule has 0 N–H and O–H groups in total. The summed E-state index contributed by atoms with van der Waals surface area (Å²) >= 11 is 4.44. The minimum absolute atomic E-state index is 0.262. The molecule has 8 aromatic rings. The first-order valence-electron chi connectivity index (χ1n) is 26.5. The van der Waals surface area contributed by atoms with Gasteiger partial charge in [-0.05, 0) is 119 Å². The summed E-state index contributed by atoms with van der Waals surface area (Å²) < 4.78 is 184. The number of halogens is 12. The van der Waals surface area contributed by atoms with Crippen LogP contribution in [0.1, 0.15) is 93.4 Å². The van der Waals surface area contributed by atoms with Crippen LogP contribution in [0.5, 0.6) is 0 Å². The zero-order valence-corrected chi connectivity index (χ0v) is 49.0. The van der Waals surface area contributed by atoms with E-state index in [1.807, 2.05) is 60.7 Å². The summed E-state index contributed by atoms with van der Waals surface area (Å²) in [6, 6.07) is 37.7. The molecule has 0 unspecified atom stereocenters. The predicted octanol–water partition coefficient (Wildman–Crippen LogP) is 23.3. The highest BCUT2D eigenvalue weighted by molar-refractivity contribution is 7.16. The summed E-state index contributed by atoms with van der Waals surface area (Å²) in [5.74, 6) is -30.7. The highest BCUT2D eigenvalue weighted by Crippen LogP contribution is 2.68. The molecule has 16 heteroatoms. The smallest absolute Gasteiger partial charge is 0.194 e. The monoisotopic (exact) mass is 1200 g/mol. The van der Waals surface area contributed by atoms with Crippen molar-refractivity contribution in [2.45, 2.75) is 104 Å². The van der Waals surface area contributed by atoms with Crippen molar-refractivity contribution in [1.29, 1.82) is 0 Å². The summed E-state index contributed by atoms with van der Waals surface area (Å²) in [5.41, 5.74) is -1.70. The van der Waals surface area contributed by atoms with E-state index in [0.717, 1.165) is 69.3 Å². The normalized spacial score (nSPS) is 18.4. The third-order valence-electron chi connectivity index (χ3n) is 15.1. The van der Waals surface area contributed by atoms with Crippen LogP contribution in [0.3, 0.4) is 0 Å². The standard InChI is InChI=1S/2C33H28F6S2/c2*1-5-19(2)11-12-22-13-15-24(16-14-22)28-18-26(21(4)41-28)30-29(31(34,35)33(38,39)32(30,36)37)25-17-27(40-20(25)3)23-9-7-6-8-10-23/h2*6-19H,5H2,1-4H3/b2*12-11+/t2*19-/m00/s1. The predicted molar refractivity (Wildman–Crippen MR) is 318 cm³/mol. The second-order valence-corrected chi connectivity index (χ2v) is 25.8. The van der Waals surface area contributed by atoms with Crippen molar-refractivity contribution in [3.63, 3.8) is 0 Å². The highest BCUT2D eigenvalue weighted by atomic mass is 32.1. The second-order valence-electron chi connectivity index (χ2n) is 20.7.